The summed E-state index contributed by atoms with van der Waals surface area (Å²) in [5.74, 6) is 0. The summed E-state index contributed by atoms with van der Waals surface area (Å²) in [4.78, 5) is 5.16. The lowest BCUT2D eigenvalue weighted by molar-refractivity contribution is 0.664. The lowest BCUT2D eigenvalue weighted by Gasteiger charge is -2.25. The van der Waals surface area contributed by atoms with Gasteiger partial charge in [0.05, 0.1) is 23.0 Å². The zero-order chi connectivity index (χ0) is 30.9. The first-order chi connectivity index (χ1) is 22.7. The maximum Gasteiger partial charge on any atom is 0.145 e. The van der Waals surface area contributed by atoms with Crippen LogP contribution in [0.15, 0.2) is 163 Å². The number of hydrogen-bond acceptors (Lipinski definition) is 4. The Labute approximate surface area is 268 Å². The first-order valence-electron chi connectivity index (χ1n) is 15.6. The molecular formula is C41H33N5. The van der Waals surface area contributed by atoms with Crippen LogP contribution < -0.4 is 16.4 Å². The average Bonchev–Trinajstić information content (AvgIpc) is 3.47. The van der Waals surface area contributed by atoms with Gasteiger partial charge in [0.25, 0.3) is 0 Å². The molecule has 0 saturated heterocycles. The van der Waals surface area contributed by atoms with Crippen LogP contribution in [0.1, 0.15) is 34.1 Å². The van der Waals surface area contributed by atoms with Crippen molar-refractivity contribution in [3.8, 4) is 5.69 Å². The zero-order valence-corrected chi connectivity index (χ0v) is 25.2. The van der Waals surface area contributed by atoms with E-state index >= 15 is 0 Å². The highest BCUT2D eigenvalue weighted by molar-refractivity contribution is 6.13. The summed E-state index contributed by atoms with van der Waals surface area (Å²) in [6.07, 6.45) is 8.26. The molecule has 5 heteroatoms. The predicted octanol–water partition coefficient (Wildman–Crippen LogP) is 8.57. The molecule has 0 saturated carbocycles. The molecule has 0 spiro atoms. The second-order valence-electron chi connectivity index (χ2n) is 11.6. The summed E-state index contributed by atoms with van der Waals surface area (Å²) in [6, 6.07) is 48.1. The molecule has 2 heterocycles. The molecule has 222 valence electrons. The van der Waals surface area contributed by atoms with E-state index in [-0.39, 0.29) is 12.2 Å². The Morgan fingerprint density at radius 1 is 0.717 bits per heavy atom. The van der Waals surface area contributed by atoms with Gasteiger partial charge in [0.2, 0.25) is 0 Å². The Morgan fingerprint density at radius 2 is 1.39 bits per heavy atom. The monoisotopic (exact) mass is 595 g/mol. The first-order valence-corrected chi connectivity index (χ1v) is 15.6. The Morgan fingerprint density at radius 3 is 2.15 bits per heavy atom. The van der Waals surface area contributed by atoms with Crippen molar-refractivity contribution < 1.29 is 0 Å². The summed E-state index contributed by atoms with van der Waals surface area (Å²) in [5, 5.41) is 8.28. The van der Waals surface area contributed by atoms with E-state index in [4.69, 9.17) is 10.7 Å². The van der Waals surface area contributed by atoms with E-state index in [1.54, 1.807) is 0 Å². The van der Waals surface area contributed by atoms with Crippen LogP contribution in [-0.4, -0.2) is 16.3 Å². The Balaban J connectivity index is 1.20. The topological polar surface area (TPSA) is 67.4 Å². The quantitative estimate of drug-likeness (QED) is 0.181. The maximum absolute atomic E-state index is 6.68. The molecule has 1 aromatic heterocycles. The van der Waals surface area contributed by atoms with Gasteiger partial charge >= 0.3 is 0 Å². The first kappa shape index (κ1) is 27.6. The third kappa shape index (κ3) is 5.13. The highest BCUT2D eigenvalue weighted by atomic mass is 15.1. The van der Waals surface area contributed by atoms with Crippen LogP contribution in [0, 0.1) is 0 Å². The SMILES string of the molecule is NC1C=Cc2c(c3ccccc3n2-c2ccc(C3=NC(c4ccccc4)NC(c4ccccc4)=C3)cc2)/C1=C/Nc1ccccc1. The van der Waals surface area contributed by atoms with Gasteiger partial charge in [0.15, 0.2) is 0 Å². The predicted molar refractivity (Wildman–Crippen MR) is 192 cm³/mol. The number of hydrogen-bond donors (Lipinski definition) is 3. The minimum absolute atomic E-state index is 0.180. The summed E-state index contributed by atoms with van der Waals surface area (Å²) < 4.78 is 2.33. The van der Waals surface area contributed by atoms with Crippen LogP contribution >= 0.6 is 0 Å². The molecule has 0 amide bonds. The number of rotatable bonds is 6. The summed E-state index contributed by atoms with van der Waals surface area (Å²) in [7, 11) is 0. The molecule has 6 aromatic rings. The second kappa shape index (κ2) is 11.9. The van der Waals surface area contributed by atoms with Gasteiger partial charge in [0.1, 0.15) is 6.17 Å². The summed E-state index contributed by atoms with van der Waals surface area (Å²) in [6.45, 7) is 0. The molecular weight excluding hydrogens is 562 g/mol. The van der Waals surface area contributed by atoms with Crippen molar-refractivity contribution >= 4 is 39.6 Å². The van der Waals surface area contributed by atoms with Crippen molar-refractivity contribution in [3.63, 3.8) is 0 Å². The second-order valence-corrected chi connectivity index (χ2v) is 11.6. The number of nitrogens with zero attached hydrogens (tertiary/aromatic N) is 2. The van der Waals surface area contributed by atoms with Gasteiger partial charge in [0, 0.05) is 34.2 Å². The number of fused-ring (bicyclic) bond motifs is 3. The number of anilines is 1. The van der Waals surface area contributed by atoms with Crippen LogP contribution in [0.5, 0.6) is 0 Å². The Hall–Kier alpha value is -5.91. The fourth-order valence-electron chi connectivity index (χ4n) is 6.38. The van der Waals surface area contributed by atoms with Gasteiger partial charge in [-0.25, -0.2) is 0 Å². The molecule has 1 aliphatic carbocycles. The van der Waals surface area contributed by atoms with Gasteiger partial charge in [-0.2, -0.15) is 0 Å². The molecule has 1 aliphatic heterocycles. The van der Waals surface area contributed by atoms with E-state index < -0.39 is 0 Å². The molecule has 0 bridgehead atoms. The summed E-state index contributed by atoms with van der Waals surface area (Å²) in [5.41, 5.74) is 18.6. The highest BCUT2D eigenvalue weighted by Crippen LogP contribution is 2.39. The highest BCUT2D eigenvalue weighted by Gasteiger charge is 2.26. The van der Waals surface area contributed by atoms with Gasteiger partial charge in [-0.05, 0) is 64.7 Å². The summed E-state index contributed by atoms with van der Waals surface area (Å²) >= 11 is 0. The van der Waals surface area contributed by atoms with Gasteiger partial charge in [-0.3, -0.25) is 4.99 Å². The van der Waals surface area contributed by atoms with E-state index in [1.807, 2.05) is 30.3 Å². The van der Waals surface area contributed by atoms with Crippen molar-refractivity contribution in [2.24, 2.45) is 10.7 Å². The molecule has 2 unspecified atom stereocenters. The van der Waals surface area contributed by atoms with Crippen LogP contribution in [-0.2, 0) is 0 Å². The minimum atomic E-state index is -0.216. The number of nitrogens with one attached hydrogen (secondary N) is 2. The molecule has 2 atom stereocenters. The normalized spacial score (nSPS) is 18.1. The smallest absolute Gasteiger partial charge is 0.145 e. The Kier molecular flexibility index (Phi) is 7.14. The lowest BCUT2D eigenvalue weighted by Crippen LogP contribution is -2.24. The van der Waals surface area contributed by atoms with Gasteiger partial charge in [-0.15, -0.1) is 0 Å². The van der Waals surface area contributed by atoms with E-state index in [9.17, 15) is 0 Å². The minimum Gasteiger partial charge on any atom is -0.361 e. The number of para-hydroxylation sites is 2. The molecule has 5 aromatic carbocycles. The van der Waals surface area contributed by atoms with E-state index in [0.29, 0.717) is 0 Å². The molecule has 2 aliphatic rings. The van der Waals surface area contributed by atoms with Crippen LogP contribution in [0.3, 0.4) is 0 Å². The standard InChI is InChI=1S/C41H33N5/c42-35-24-25-39-40(34(35)27-43-31-16-8-3-9-17-31)33-18-10-11-19-38(33)46(39)32-22-20-29(21-23-32)37-26-36(28-12-4-1-5-13-28)44-41(45-37)30-14-6-2-7-15-30/h1-27,35,41,43-44H,42H2/b34-27+. The van der Waals surface area contributed by atoms with Crippen molar-refractivity contribution in [2.75, 3.05) is 5.32 Å². The molecule has 5 nitrogen and oxygen atoms in total. The number of nitrogens with two attached hydrogens (primary N) is 1. The number of benzene rings is 5. The number of aliphatic imine (C=N–C) groups is 1. The van der Waals surface area contributed by atoms with E-state index in [2.05, 4.69) is 149 Å². The van der Waals surface area contributed by atoms with Crippen molar-refractivity contribution in [1.29, 1.82) is 0 Å². The zero-order valence-electron chi connectivity index (χ0n) is 25.2. The third-order valence-corrected chi connectivity index (χ3v) is 8.65. The molecule has 0 fully saturated rings. The van der Waals surface area contributed by atoms with E-state index in [0.717, 1.165) is 61.8 Å². The fraction of sp³-hybridized carbons (Fsp3) is 0.0488. The van der Waals surface area contributed by atoms with Crippen LogP contribution in [0.4, 0.5) is 5.69 Å². The van der Waals surface area contributed by atoms with Crippen LogP contribution in [0.25, 0.3) is 33.9 Å². The number of aromatic nitrogens is 1. The Bertz CT molecular complexity index is 2140. The van der Waals surface area contributed by atoms with Crippen LogP contribution in [0.2, 0.25) is 0 Å². The molecule has 46 heavy (non-hydrogen) atoms. The third-order valence-electron chi connectivity index (χ3n) is 8.65. The van der Waals surface area contributed by atoms with Crippen molar-refractivity contribution in [1.82, 2.24) is 9.88 Å². The largest absolute Gasteiger partial charge is 0.361 e. The lowest BCUT2D eigenvalue weighted by atomic mass is 9.92. The molecule has 0 radical (unpaired) electrons. The van der Waals surface area contributed by atoms with Crippen molar-refractivity contribution in [3.05, 3.63) is 186 Å². The fourth-order valence-corrected chi connectivity index (χ4v) is 6.38. The van der Waals surface area contributed by atoms with Gasteiger partial charge in [-0.1, -0.05) is 115 Å². The maximum atomic E-state index is 6.68. The molecule has 8 rings (SSSR count). The van der Waals surface area contributed by atoms with E-state index in [1.165, 1.54) is 5.39 Å². The average molecular weight is 596 g/mol. The molecule has 4 N–H and O–H groups in total. The number of allylic oxidation sites excluding steroid dienone is 1. The van der Waals surface area contributed by atoms with Crippen molar-refractivity contribution in [2.45, 2.75) is 12.2 Å². The van der Waals surface area contributed by atoms with Gasteiger partial charge < -0.3 is 20.9 Å².